The summed E-state index contributed by atoms with van der Waals surface area (Å²) in [6.45, 7) is 3.27. The summed E-state index contributed by atoms with van der Waals surface area (Å²) in [6, 6.07) is 6.20. The van der Waals surface area contributed by atoms with E-state index in [0.29, 0.717) is 5.41 Å². The monoisotopic (exact) mass is 208 g/mol. The van der Waals surface area contributed by atoms with E-state index in [1.807, 2.05) is 12.1 Å². The van der Waals surface area contributed by atoms with Crippen LogP contribution in [-0.4, -0.2) is 19.6 Å². The molecule has 1 atom stereocenters. The van der Waals surface area contributed by atoms with Crippen LogP contribution in [-0.2, 0) is 5.41 Å². The van der Waals surface area contributed by atoms with Gasteiger partial charge in [0.05, 0.1) is 0 Å². The zero-order valence-electron chi connectivity index (χ0n) is 7.94. The molecule has 3 heteroatoms. The molecule has 74 valence electrons. The van der Waals surface area contributed by atoms with Gasteiger partial charge in [0.15, 0.2) is 0 Å². The summed E-state index contributed by atoms with van der Waals surface area (Å²) >= 11 is 5.96. The van der Waals surface area contributed by atoms with E-state index in [1.165, 1.54) is 17.7 Å². The minimum atomic E-state index is 0.333. The molecule has 3 rings (SSSR count). The lowest BCUT2D eigenvalue weighted by atomic mass is 9.82. The first-order valence-electron chi connectivity index (χ1n) is 5.05. The SMILES string of the molecule is Clc1ccc2c(c1)NCC21CCNC1. The maximum absolute atomic E-state index is 5.96. The van der Waals surface area contributed by atoms with Gasteiger partial charge in [0.25, 0.3) is 0 Å². The lowest BCUT2D eigenvalue weighted by Crippen LogP contribution is -2.30. The van der Waals surface area contributed by atoms with Gasteiger partial charge in [-0.2, -0.15) is 0 Å². The molecular weight excluding hydrogens is 196 g/mol. The van der Waals surface area contributed by atoms with Gasteiger partial charge in [-0.1, -0.05) is 17.7 Å². The quantitative estimate of drug-likeness (QED) is 0.682. The Kier molecular flexibility index (Phi) is 1.76. The van der Waals surface area contributed by atoms with Crippen LogP contribution in [0.25, 0.3) is 0 Å². The Bertz CT molecular complexity index is 370. The number of nitrogens with one attached hydrogen (secondary N) is 2. The Balaban J connectivity index is 2.09. The third-order valence-corrected chi connectivity index (χ3v) is 3.65. The highest BCUT2D eigenvalue weighted by Crippen LogP contribution is 2.41. The van der Waals surface area contributed by atoms with Crippen molar-refractivity contribution in [3.05, 3.63) is 28.8 Å². The Morgan fingerprint density at radius 1 is 1.29 bits per heavy atom. The van der Waals surface area contributed by atoms with Crippen LogP contribution < -0.4 is 10.6 Å². The van der Waals surface area contributed by atoms with E-state index < -0.39 is 0 Å². The van der Waals surface area contributed by atoms with Crippen molar-refractivity contribution in [2.45, 2.75) is 11.8 Å². The van der Waals surface area contributed by atoms with Crippen LogP contribution in [0, 0.1) is 0 Å². The summed E-state index contributed by atoms with van der Waals surface area (Å²) in [7, 11) is 0. The molecule has 0 aliphatic carbocycles. The second-order valence-corrected chi connectivity index (χ2v) is 4.69. The van der Waals surface area contributed by atoms with Gasteiger partial charge in [0.2, 0.25) is 0 Å². The molecule has 2 aliphatic heterocycles. The van der Waals surface area contributed by atoms with Crippen molar-refractivity contribution in [3.63, 3.8) is 0 Å². The normalized spacial score (nSPS) is 29.2. The summed E-state index contributed by atoms with van der Waals surface area (Å²) < 4.78 is 0. The molecule has 2 N–H and O–H groups in total. The molecule has 0 radical (unpaired) electrons. The maximum Gasteiger partial charge on any atom is 0.0426 e. The molecule has 1 fully saturated rings. The number of halogens is 1. The van der Waals surface area contributed by atoms with Gasteiger partial charge >= 0.3 is 0 Å². The van der Waals surface area contributed by atoms with Crippen molar-refractivity contribution >= 4 is 17.3 Å². The minimum absolute atomic E-state index is 0.333. The van der Waals surface area contributed by atoms with Crippen molar-refractivity contribution in [1.82, 2.24) is 5.32 Å². The first-order valence-corrected chi connectivity index (χ1v) is 5.43. The Morgan fingerprint density at radius 3 is 3.00 bits per heavy atom. The third kappa shape index (κ3) is 1.07. The Morgan fingerprint density at radius 2 is 2.21 bits per heavy atom. The lowest BCUT2D eigenvalue weighted by molar-refractivity contribution is 0.522. The first kappa shape index (κ1) is 8.57. The molecule has 0 amide bonds. The zero-order chi connectivity index (χ0) is 9.60. The standard InChI is InChI=1S/C11H13ClN2/c12-8-1-2-9-10(5-8)14-7-11(9)3-4-13-6-11/h1-2,5,13-14H,3-4,6-7H2. The topological polar surface area (TPSA) is 24.1 Å². The average molecular weight is 209 g/mol. The van der Waals surface area contributed by atoms with E-state index in [9.17, 15) is 0 Å². The molecule has 1 saturated heterocycles. The average Bonchev–Trinajstić information content (AvgIpc) is 2.77. The van der Waals surface area contributed by atoms with E-state index in [-0.39, 0.29) is 0 Å². The molecule has 0 bridgehead atoms. The molecule has 2 heterocycles. The highest BCUT2D eigenvalue weighted by Gasteiger charge is 2.40. The van der Waals surface area contributed by atoms with E-state index in [2.05, 4.69) is 16.7 Å². The predicted molar refractivity (Wildman–Crippen MR) is 59.1 cm³/mol. The molecule has 1 spiro atoms. The summed E-state index contributed by atoms with van der Waals surface area (Å²) in [5.74, 6) is 0. The molecule has 2 nitrogen and oxygen atoms in total. The molecule has 2 aliphatic rings. The maximum atomic E-state index is 5.96. The third-order valence-electron chi connectivity index (χ3n) is 3.41. The van der Waals surface area contributed by atoms with Gasteiger partial charge in [-0.15, -0.1) is 0 Å². The fourth-order valence-electron chi connectivity index (χ4n) is 2.61. The smallest absolute Gasteiger partial charge is 0.0426 e. The predicted octanol–water partition coefficient (Wildman–Crippen LogP) is 2.00. The molecule has 1 unspecified atom stereocenters. The lowest BCUT2D eigenvalue weighted by Gasteiger charge is -2.21. The fraction of sp³-hybridized carbons (Fsp3) is 0.455. The first-order chi connectivity index (χ1) is 6.80. The van der Waals surface area contributed by atoms with Crippen LogP contribution in [0.5, 0.6) is 0 Å². The van der Waals surface area contributed by atoms with Crippen LogP contribution >= 0.6 is 11.6 Å². The number of rotatable bonds is 0. The highest BCUT2D eigenvalue weighted by atomic mass is 35.5. The second kappa shape index (κ2) is 2.88. The van der Waals surface area contributed by atoms with Crippen LogP contribution in [0.1, 0.15) is 12.0 Å². The van der Waals surface area contributed by atoms with Crippen LogP contribution in [0.15, 0.2) is 18.2 Å². The number of benzene rings is 1. The molecular formula is C11H13ClN2. The van der Waals surface area contributed by atoms with Gasteiger partial charge in [-0.25, -0.2) is 0 Å². The van der Waals surface area contributed by atoms with E-state index in [0.717, 1.165) is 24.7 Å². The molecule has 0 aromatic heterocycles. The largest absolute Gasteiger partial charge is 0.384 e. The Labute approximate surface area is 88.6 Å². The highest BCUT2D eigenvalue weighted by molar-refractivity contribution is 6.30. The van der Waals surface area contributed by atoms with Gasteiger partial charge in [0.1, 0.15) is 0 Å². The van der Waals surface area contributed by atoms with Crippen molar-refractivity contribution in [2.75, 3.05) is 25.0 Å². The van der Waals surface area contributed by atoms with Gasteiger partial charge in [-0.05, 0) is 30.7 Å². The summed E-state index contributed by atoms with van der Waals surface area (Å²) in [4.78, 5) is 0. The molecule has 1 aromatic rings. The molecule has 0 saturated carbocycles. The summed E-state index contributed by atoms with van der Waals surface area (Å²) in [5, 5.41) is 7.71. The van der Waals surface area contributed by atoms with Crippen molar-refractivity contribution in [2.24, 2.45) is 0 Å². The van der Waals surface area contributed by atoms with E-state index in [1.54, 1.807) is 0 Å². The number of hydrogen-bond donors (Lipinski definition) is 2. The second-order valence-electron chi connectivity index (χ2n) is 4.25. The number of hydrogen-bond acceptors (Lipinski definition) is 2. The number of anilines is 1. The summed E-state index contributed by atoms with van der Waals surface area (Å²) in [6.07, 6.45) is 1.23. The van der Waals surface area contributed by atoms with Crippen LogP contribution in [0.4, 0.5) is 5.69 Å². The van der Waals surface area contributed by atoms with E-state index in [4.69, 9.17) is 11.6 Å². The van der Waals surface area contributed by atoms with Crippen molar-refractivity contribution < 1.29 is 0 Å². The fourth-order valence-corrected chi connectivity index (χ4v) is 2.78. The van der Waals surface area contributed by atoms with Gasteiger partial charge < -0.3 is 10.6 Å². The van der Waals surface area contributed by atoms with Crippen molar-refractivity contribution in [3.8, 4) is 0 Å². The Hall–Kier alpha value is -0.730. The summed E-state index contributed by atoms with van der Waals surface area (Å²) in [5.41, 5.74) is 2.99. The number of fused-ring (bicyclic) bond motifs is 2. The van der Waals surface area contributed by atoms with Crippen LogP contribution in [0.3, 0.4) is 0 Å². The van der Waals surface area contributed by atoms with Crippen LogP contribution in [0.2, 0.25) is 5.02 Å². The van der Waals surface area contributed by atoms with Gasteiger partial charge in [0, 0.05) is 29.2 Å². The van der Waals surface area contributed by atoms with Gasteiger partial charge in [-0.3, -0.25) is 0 Å². The zero-order valence-corrected chi connectivity index (χ0v) is 8.69. The van der Waals surface area contributed by atoms with Crippen molar-refractivity contribution in [1.29, 1.82) is 0 Å². The minimum Gasteiger partial charge on any atom is -0.384 e. The molecule has 1 aromatic carbocycles. The molecule has 14 heavy (non-hydrogen) atoms. The van der Waals surface area contributed by atoms with E-state index >= 15 is 0 Å².